The molecule has 2 unspecified atom stereocenters. The van der Waals surface area contributed by atoms with Crippen molar-refractivity contribution in [1.29, 1.82) is 0 Å². The van der Waals surface area contributed by atoms with Gasteiger partial charge in [0.15, 0.2) is 0 Å². The molecule has 2 N–H and O–H groups in total. The lowest BCUT2D eigenvalue weighted by molar-refractivity contribution is -0.0809. The molecule has 0 aliphatic carbocycles. The van der Waals surface area contributed by atoms with Crippen molar-refractivity contribution < 1.29 is 4.74 Å². The first kappa shape index (κ1) is 12.5. The van der Waals surface area contributed by atoms with Crippen LogP contribution in [0.15, 0.2) is 24.5 Å². The first-order valence-electron chi connectivity index (χ1n) is 6.24. The molecule has 2 heterocycles. The van der Waals surface area contributed by atoms with Gasteiger partial charge in [0.2, 0.25) is 0 Å². The molecule has 1 aromatic rings. The third kappa shape index (κ3) is 3.77. The maximum atomic E-state index is 5.86. The highest BCUT2D eigenvalue weighted by atomic mass is 16.5. The Morgan fingerprint density at radius 3 is 2.88 bits per heavy atom. The molecule has 4 nitrogen and oxygen atoms in total. The number of nitrogens with two attached hydrogens (primary N) is 1. The number of aromatic nitrogens is 1. The predicted octanol–water partition coefficient (Wildman–Crippen LogP) is 1.02. The standard InChI is InChI=1S/C13H21N3O/c1-11-8-16(10-13(17-11)2-5-14)9-12-3-6-15-7-4-12/h3-4,6-7,11,13H,2,5,8-10,14H2,1H3. The van der Waals surface area contributed by atoms with Crippen molar-refractivity contribution in [2.75, 3.05) is 19.6 Å². The molecule has 1 fully saturated rings. The number of pyridine rings is 1. The third-order valence-corrected chi connectivity index (χ3v) is 3.05. The maximum Gasteiger partial charge on any atom is 0.0718 e. The van der Waals surface area contributed by atoms with Crippen LogP contribution in [-0.4, -0.2) is 41.7 Å². The van der Waals surface area contributed by atoms with Gasteiger partial charge in [-0.05, 0) is 37.6 Å². The van der Waals surface area contributed by atoms with E-state index in [4.69, 9.17) is 10.5 Å². The van der Waals surface area contributed by atoms with Crippen molar-refractivity contribution in [3.8, 4) is 0 Å². The molecule has 94 valence electrons. The summed E-state index contributed by atoms with van der Waals surface area (Å²) in [7, 11) is 0. The lowest BCUT2D eigenvalue weighted by Gasteiger charge is -2.36. The van der Waals surface area contributed by atoms with E-state index < -0.39 is 0 Å². The molecule has 1 aliphatic heterocycles. The van der Waals surface area contributed by atoms with Gasteiger partial charge in [0.25, 0.3) is 0 Å². The molecule has 0 spiro atoms. The molecule has 1 saturated heterocycles. The predicted molar refractivity (Wildman–Crippen MR) is 67.5 cm³/mol. The van der Waals surface area contributed by atoms with Gasteiger partial charge >= 0.3 is 0 Å². The van der Waals surface area contributed by atoms with E-state index in [0.717, 1.165) is 26.1 Å². The second-order valence-corrected chi connectivity index (χ2v) is 4.70. The van der Waals surface area contributed by atoms with Crippen LogP contribution in [0.2, 0.25) is 0 Å². The van der Waals surface area contributed by atoms with Gasteiger partial charge < -0.3 is 10.5 Å². The van der Waals surface area contributed by atoms with E-state index in [1.165, 1.54) is 5.56 Å². The summed E-state index contributed by atoms with van der Waals surface area (Å²) in [4.78, 5) is 6.47. The van der Waals surface area contributed by atoms with Crippen molar-refractivity contribution in [3.63, 3.8) is 0 Å². The Bertz CT molecular complexity index is 331. The molecular formula is C13H21N3O. The van der Waals surface area contributed by atoms with Gasteiger partial charge in [0.1, 0.15) is 0 Å². The van der Waals surface area contributed by atoms with Crippen LogP contribution in [-0.2, 0) is 11.3 Å². The number of nitrogens with zero attached hydrogens (tertiary/aromatic N) is 2. The normalized spacial score (nSPS) is 26.0. The fraction of sp³-hybridized carbons (Fsp3) is 0.615. The number of morpholine rings is 1. The van der Waals surface area contributed by atoms with Crippen LogP contribution >= 0.6 is 0 Å². The minimum absolute atomic E-state index is 0.283. The van der Waals surface area contributed by atoms with Crippen LogP contribution in [0.5, 0.6) is 0 Å². The van der Waals surface area contributed by atoms with Crippen molar-refractivity contribution in [2.24, 2.45) is 5.73 Å². The molecule has 0 bridgehead atoms. The van der Waals surface area contributed by atoms with Gasteiger partial charge in [0.05, 0.1) is 12.2 Å². The van der Waals surface area contributed by atoms with Gasteiger partial charge in [-0.3, -0.25) is 9.88 Å². The molecule has 0 saturated carbocycles. The van der Waals surface area contributed by atoms with Crippen LogP contribution < -0.4 is 5.73 Å². The Balaban J connectivity index is 1.92. The number of rotatable bonds is 4. The molecule has 2 rings (SSSR count). The van der Waals surface area contributed by atoms with Crippen LogP contribution in [0.3, 0.4) is 0 Å². The van der Waals surface area contributed by atoms with E-state index >= 15 is 0 Å². The number of hydrogen-bond donors (Lipinski definition) is 1. The summed E-state index contributed by atoms with van der Waals surface area (Å²) >= 11 is 0. The van der Waals surface area contributed by atoms with E-state index in [0.29, 0.717) is 12.6 Å². The van der Waals surface area contributed by atoms with Gasteiger partial charge in [-0.1, -0.05) is 0 Å². The average molecular weight is 235 g/mol. The summed E-state index contributed by atoms with van der Waals surface area (Å²) in [6.07, 6.45) is 5.21. The van der Waals surface area contributed by atoms with Crippen LogP contribution in [0.25, 0.3) is 0 Å². The molecule has 0 aromatic carbocycles. The summed E-state index contributed by atoms with van der Waals surface area (Å²) in [5.41, 5.74) is 6.90. The molecule has 0 amide bonds. The van der Waals surface area contributed by atoms with Gasteiger partial charge in [-0.15, -0.1) is 0 Å². The summed E-state index contributed by atoms with van der Waals surface area (Å²) < 4.78 is 5.86. The largest absolute Gasteiger partial charge is 0.373 e. The SMILES string of the molecule is CC1CN(Cc2ccncc2)CC(CCN)O1. The molecule has 0 radical (unpaired) electrons. The van der Waals surface area contributed by atoms with Gasteiger partial charge in [0, 0.05) is 32.0 Å². The zero-order valence-electron chi connectivity index (χ0n) is 10.4. The van der Waals surface area contributed by atoms with E-state index in [2.05, 4.69) is 28.9 Å². The lowest BCUT2D eigenvalue weighted by atomic mass is 10.1. The molecule has 1 aliphatic rings. The topological polar surface area (TPSA) is 51.4 Å². The van der Waals surface area contributed by atoms with Gasteiger partial charge in [-0.25, -0.2) is 0 Å². The number of hydrogen-bond acceptors (Lipinski definition) is 4. The van der Waals surface area contributed by atoms with Crippen molar-refractivity contribution in [3.05, 3.63) is 30.1 Å². The Kier molecular flexibility index (Phi) is 4.48. The monoisotopic (exact) mass is 235 g/mol. The highest BCUT2D eigenvalue weighted by molar-refractivity contribution is 5.09. The fourth-order valence-electron chi connectivity index (χ4n) is 2.36. The van der Waals surface area contributed by atoms with E-state index in [1.807, 2.05) is 12.4 Å². The van der Waals surface area contributed by atoms with Gasteiger partial charge in [-0.2, -0.15) is 0 Å². The van der Waals surface area contributed by atoms with Crippen LogP contribution in [0, 0.1) is 0 Å². The quantitative estimate of drug-likeness (QED) is 0.846. The Morgan fingerprint density at radius 2 is 2.18 bits per heavy atom. The first-order chi connectivity index (χ1) is 8.28. The molecule has 1 aromatic heterocycles. The Labute approximate surface area is 103 Å². The van der Waals surface area contributed by atoms with E-state index in [-0.39, 0.29) is 6.10 Å². The smallest absolute Gasteiger partial charge is 0.0718 e. The fourth-order valence-corrected chi connectivity index (χ4v) is 2.36. The van der Waals surface area contributed by atoms with Crippen LogP contribution in [0.4, 0.5) is 0 Å². The summed E-state index contributed by atoms with van der Waals surface area (Å²) in [5.74, 6) is 0. The molecule has 2 atom stereocenters. The summed E-state index contributed by atoms with van der Waals surface area (Å²) in [6.45, 7) is 5.76. The number of ether oxygens (including phenoxy) is 1. The highest BCUT2D eigenvalue weighted by Crippen LogP contribution is 2.15. The van der Waals surface area contributed by atoms with Crippen molar-refractivity contribution in [2.45, 2.75) is 32.1 Å². The van der Waals surface area contributed by atoms with Crippen LogP contribution in [0.1, 0.15) is 18.9 Å². The van der Waals surface area contributed by atoms with Crippen molar-refractivity contribution in [1.82, 2.24) is 9.88 Å². The molecule has 4 heteroatoms. The third-order valence-electron chi connectivity index (χ3n) is 3.05. The Hall–Kier alpha value is -0.970. The van der Waals surface area contributed by atoms with E-state index in [9.17, 15) is 0 Å². The maximum absolute atomic E-state index is 5.86. The molecule has 17 heavy (non-hydrogen) atoms. The summed E-state index contributed by atoms with van der Waals surface area (Å²) in [5, 5.41) is 0. The zero-order chi connectivity index (χ0) is 12.1. The second kappa shape index (κ2) is 6.10. The second-order valence-electron chi connectivity index (χ2n) is 4.70. The first-order valence-corrected chi connectivity index (χ1v) is 6.24. The Morgan fingerprint density at radius 1 is 1.41 bits per heavy atom. The lowest BCUT2D eigenvalue weighted by Crippen LogP contribution is -2.46. The molecular weight excluding hydrogens is 214 g/mol. The zero-order valence-corrected chi connectivity index (χ0v) is 10.4. The van der Waals surface area contributed by atoms with Crippen molar-refractivity contribution >= 4 is 0 Å². The minimum atomic E-state index is 0.283. The van der Waals surface area contributed by atoms with E-state index in [1.54, 1.807) is 0 Å². The highest BCUT2D eigenvalue weighted by Gasteiger charge is 2.24. The minimum Gasteiger partial charge on any atom is -0.373 e. The summed E-state index contributed by atoms with van der Waals surface area (Å²) in [6, 6.07) is 4.14. The average Bonchev–Trinajstić information content (AvgIpc) is 2.30.